The number of nitrogens with zero attached hydrogens (tertiary/aromatic N) is 4. The molecule has 38 heavy (non-hydrogen) atoms. The molecule has 4 rings (SSSR count). The van der Waals surface area contributed by atoms with Gasteiger partial charge in [0.15, 0.2) is 11.5 Å². The number of benzene rings is 1. The highest BCUT2D eigenvalue weighted by Crippen LogP contribution is 2.47. The predicted molar refractivity (Wildman–Crippen MR) is 146 cm³/mol. The van der Waals surface area contributed by atoms with Gasteiger partial charge in [0.25, 0.3) is 0 Å². The molecule has 1 saturated carbocycles. The number of methoxy groups -OCH3 is 2. The number of rotatable bonds is 10. The van der Waals surface area contributed by atoms with Crippen molar-refractivity contribution in [3.05, 3.63) is 59.7 Å². The van der Waals surface area contributed by atoms with Gasteiger partial charge in [0.2, 0.25) is 17.8 Å². The van der Waals surface area contributed by atoms with Crippen molar-refractivity contribution in [2.45, 2.75) is 64.8 Å². The van der Waals surface area contributed by atoms with E-state index in [1.165, 1.54) is 0 Å². The predicted octanol–water partition coefficient (Wildman–Crippen LogP) is 4.62. The van der Waals surface area contributed by atoms with E-state index in [-0.39, 0.29) is 29.8 Å². The van der Waals surface area contributed by atoms with Crippen LogP contribution in [0, 0.1) is 6.92 Å². The van der Waals surface area contributed by atoms with Crippen LogP contribution >= 0.6 is 0 Å². The Bertz CT molecular complexity index is 1310. The first-order chi connectivity index (χ1) is 18.1. The van der Waals surface area contributed by atoms with Crippen LogP contribution in [0.4, 0.5) is 5.95 Å². The van der Waals surface area contributed by atoms with Gasteiger partial charge in [0.05, 0.1) is 37.7 Å². The zero-order chi connectivity index (χ0) is 27.6. The van der Waals surface area contributed by atoms with Gasteiger partial charge in [-0.3, -0.25) is 24.5 Å². The number of carbonyl (C=O) groups excluding carboxylic acids is 2. The molecule has 2 heterocycles. The number of aryl methyl sites for hydroxylation is 1. The minimum atomic E-state index is -0.480. The molecule has 3 aromatic rings. The maximum Gasteiger partial charge on any atom is 0.246 e. The van der Waals surface area contributed by atoms with E-state index in [0.717, 1.165) is 35.5 Å². The van der Waals surface area contributed by atoms with Crippen LogP contribution in [0.15, 0.2) is 42.7 Å². The van der Waals surface area contributed by atoms with E-state index in [1.54, 1.807) is 37.4 Å². The second kappa shape index (κ2) is 10.8. The molecule has 1 unspecified atom stereocenters. The molecule has 1 aliphatic rings. The average molecular weight is 520 g/mol. The first kappa shape index (κ1) is 27.2. The van der Waals surface area contributed by atoms with E-state index in [1.807, 2.05) is 56.7 Å². The third kappa shape index (κ3) is 5.66. The summed E-state index contributed by atoms with van der Waals surface area (Å²) in [6, 6.07) is 9.11. The lowest BCUT2D eigenvalue weighted by Crippen LogP contribution is -2.44. The fourth-order valence-corrected chi connectivity index (χ4v) is 4.35. The highest BCUT2D eigenvalue weighted by atomic mass is 16.5. The zero-order valence-corrected chi connectivity index (χ0v) is 23.2. The number of anilines is 1. The molecule has 0 bridgehead atoms. The van der Waals surface area contributed by atoms with Gasteiger partial charge in [0, 0.05) is 23.3 Å². The van der Waals surface area contributed by atoms with Crippen molar-refractivity contribution in [2.75, 3.05) is 26.1 Å². The maximum atomic E-state index is 13.5. The van der Waals surface area contributed by atoms with Gasteiger partial charge in [-0.15, -0.1) is 0 Å². The number of carbonyl (C=O) groups is 2. The summed E-state index contributed by atoms with van der Waals surface area (Å²) in [6.07, 6.45) is 5.86. The lowest BCUT2D eigenvalue weighted by atomic mass is 9.98. The monoisotopic (exact) mass is 519 g/mol. The highest BCUT2D eigenvalue weighted by Gasteiger charge is 2.42. The van der Waals surface area contributed by atoms with Crippen LogP contribution in [-0.4, -0.2) is 58.1 Å². The van der Waals surface area contributed by atoms with E-state index in [9.17, 15) is 9.59 Å². The second-order valence-corrected chi connectivity index (χ2v) is 10.5. The van der Waals surface area contributed by atoms with Gasteiger partial charge in [-0.05, 0) is 70.4 Å². The minimum absolute atomic E-state index is 0.0254. The molecule has 0 saturated heterocycles. The van der Waals surface area contributed by atoms with Crippen molar-refractivity contribution in [3.63, 3.8) is 0 Å². The fourth-order valence-electron chi connectivity index (χ4n) is 4.35. The van der Waals surface area contributed by atoms with Crippen LogP contribution < -0.4 is 14.8 Å². The summed E-state index contributed by atoms with van der Waals surface area (Å²) in [5.74, 6) is 0.622. The minimum Gasteiger partial charge on any atom is -0.493 e. The van der Waals surface area contributed by atoms with Gasteiger partial charge in [-0.2, -0.15) is 0 Å². The van der Waals surface area contributed by atoms with Crippen LogP contribution in [0.1, 0.15) is 63.4 Å². The molecule has 9 heteroatoms. The van der Waals surface area contributed by atoms with Crippen LogP contribution in [-0.2, 0) is 15.0 Å². The van der Waals surface area contributed by atoms with E-state index >= 15 is 0 Å². The number of amides is 2. The van der Waals surface area contributed by atoms with Crippen molar-refractivity contribution in [1.82, 2.24) is 19.4 Å². The van der Waals surface area contributed by atoms with Gasteiger partial charge < -0.3 is 14.4 Å². The standard InChI is InChI=1S/C29H37N5O4/c1-18(2)33(27(36)20(4)21-9-11-23(37-6)24(14-21)38-7)17-26(35)32-28-31-25(29(5)12-13-29)16-34(28)22-10-8-19(3)30-15-22/h8-11,14-16,18,20H,12-13,17H2,1-7H3,(H,31,32,35). The fraction of sp³-hybridized carbons (Fsp3) is 0.448. The number of pyridine rings is 1. The van der Waals surface area contributed by atoms with Gasteiger partial charge in [0.1, 0.15) is 6.54 Å². The Morgan fingerprint density at radius 3 is 2.39 bits per heavy atom. The molecule has 2 amide bonds. The number of hydrogen-bond donors (Lipinski definition) is 1. The number of hydrogen-bond acceptors (Lipinski definition) is 6. The lowest BCUT2D eigenvalue weighted by molar-refractivity contribution is -0.137. The molecule has 9 nitrogen and oxygen atoms in total. The molecule has 2 aromatic heterocycles. The molecule has 1 N–H and O–H groups in total. The topological polar surface area (TPSA) is 98.6 Å². The average Bonchev–Trinajstić information content (AvgIpc) is 3.52. The van der Waals surface area contributed by atoms with Crippen molar-refractivity contribution in [3.8, 4) is 17.2 Å². The number of aromatic nitrogens is 3. The van der Waals surface area contributed by atoms with Crippen molar-refractivity contribution >= 4 is 17.8 Å². The summed E-state index contributed by atoms with van der Waals surface area (Å²) in [6.45, 7) is 9.64. The Hall–Kier alpha value is -3.88. The van der Waals surface area contributed by atoms with Gasteiger partial charge >= 0.3 is 0 Å². The second-order valence-electron chi connectivity index (χ2n) is 10.5. The molecule has 1 atom stereocenters. The Labute approximate surface area is 224 Å². The Morgan fingerprint density at radius 1 is 1.11 bits per heavy atom. The van der Waals surface area contributed by atoms with Crippen LogP contribution in [0.25, 0.3) is 5.69 Å². The molecule has 1 aromatic carbocycles. The Balaban J connectivity index is 1.54. The van der Waals surface area contributed by atoms with E-state index in [2.05, 4.69) is 17.2 Å². The number of imidazole rings is 1. The third-order valence-corrected chi connectivity index (χ3v) is 7.25. The zero-order valence-electron chi connectivity index (χ0n) is 23.2. The summed E-state index contributed by atoms with van der Waals surface area (Å²) in [5.41, 5.74) is 3.46. The lowest BCUT2D eigenvalue weighted by Gasteiger charge is -2.29. The van der Waals surface area contributed by atoms with Crippen molar-refractivity contribution in [1.29, 1.82) is 0 Å². The molecule has 1 aliphatic carbocycles. The van der Waals surface area contributed by atoms with Crippen molar-refractivity contribution in [2.24, 2.45) is 0 Å². The number of nitrogens with one attached hydrogen (secondary N) is 1. The molecule has 202 valence electrons. The van der Waals surface area contributed by atoms with Gasteiger partial charge in [-0.25, -0.2) is 4.98 Å². The van der Waals surface area contributed by atoms with Crippen LogP contribution in [0.3, 0.4) is 0 Å². The van der Waals surface area contributed by atoms with E-state index < -0.39 is 5.92 Å². The highest BCUT2D eigenvalue weighted by molar-refractivity contribution is 5.95. The smallest absolute Gasteiger partial charge is 0.246 e. The molecule has 0 aliphatic heterocycles. The summed E-state index contributed by atoms with van der Waals surface area (Å²) in [5, 5.41) is 2.95. The maximum absolute atomic E-state index is 13.5. The van der Waals surface area contributed by atoms with Crippen molar-refractivity contribution < 1.29 is 19.1 Å². The van der Waals surface area contributed by atoms with Crippen LogP contribution in [0.2, 0.25) is 0 Å². The van der Waals surface area contributed by atoms with E-state index in [4.69, 9.17) is 14.5 Å². The molecular formula is C29H37N5O4. The summed E-state index contributed by atoms with van der Waals surface area (Å²) >= 11 is 0. The first-order valence-corrected chi connectivity index (χ1v) is 12.9. The van der Waals surface area contributed by atoms with Crippen LogP contribution in [0.5, 0.6) is 11.5 Å². The normalized spacial score (nSPS) is 14.6. The summed E-state index contributed by atoms with van der Waals surface area (Å²) in [4.78, 5) is 37.6. The number of ether oxygens (including phenoxy) is 2. The molecular weight excluding hydrogens is 482 g/mol. The molecule has 1 fully saturated rings. The SMILES string of the molecule is COc1ccc(C(C)C(=O)N(CC(=O)Nc2nc(C3(C)CC3)cn2-c2ccc(C)nc2)C(C)C)cc1OC. The quantitative estimate of drug-likeness (QED) is 0.420. The van der Waals surface area contributed by atoms with Gasteiger partial charge in [-0.1, -0.05) is 13.0 Å². The molecule has 0 radical (unpaired) electrons. The van der Waals surface area contributed by atoms with E-state index in [0.29, 0.717) is 17.4 Å². The summed E-state index contributed by atoms with van der Waals surface area (Å²) < 4.78 is 12.6. The Kier molecular flexibility index (Phi) is 7.76. The molecule has 0 spiro atoms. The Morgan fingerprint density at radius 2 is 1.82 bits per heavy atom. The third-order valence-electron chi connectivity index (χ3n) is 7.25. The first-order valence-electron chi connectivity index (χ1n) is 12.9. The largest absolute Gasteiger partial charge is 0.493 e. The summed E-state index contributed by atoms with van der Waals surface area (Å²) in [7, 11) is 3.13.